The van der Waals surface area contributed by atoms with Crippen LogP contribution in [0, 0.1) is 0 Å². The molecule has 0 unspecified atom stereocenters. The van der Waals surface area contributed by atoms with Crippen LogP contribution >= 0.6 is 15.9 Å². The number of rotatable bonds is 7. The Kier molecular flexibility index (Phi) is 5.73. The number of nitrogens with zero attached hydrogens (tertiary/aromatic N) is 1. The van der Waals surface area contributed by atoms with Crippen molar-refractivity contribution in [3.63, 3.8) is 0 Å². The van der Waals surface area contributed by atoms with Crippen molar-refractivity contribution in [1.29, 1.82) is 0 Å². The number of benzene rings is 5. The molecule has 5 rings (SSSR count). The molecular formula is C27H22BrN3O. The number of halogens is 1. The van der Waals surface area contributed by atoms with Crippen LogP contribution in [0.15, 0.2) is 88.4 Å². The zero-order valence-corrected chi connectivity index (χ0v) is 19.0. The van der Waals surface area contributed by atoms with Gasteiger partial charge in [0.05, 0.1) is 6.21 Å². The minimum atomic E-state index is -0.0871. The van der Waals surface area contributed by atoms with Gasteiger partial charge in [0.25, 0.3) is 0 Å². The van der Waals surface area contributed by atoms with Gasteiger partial charge in [-0.25, -0.2) is 5.43 Å². The molecule has 0 aliphatic heterocycles. The quantitative estimate of drug-likeness (QED) is 0.117. The van der Waals surface area contributed by atoms with Gasteiger partial charge < -0.3 is 5.32 Å². The molecule has 1 amide bonds. The van der Waals surface area contributed by atoms with E-state index in [1.807, 2.05) is 24.3 Å². The van der Waals surface area contributed by atoms with Gasteiger partial charge in [-0.3, -0.25) is 4.79 Å². The van der Waals surface area contributed by atoms with Crippen LogP contribution in [0.1, 0.15) is 18.4 Å². The van der Waals surface area contributed by atoms with E-state index >= 15 is 0 Å². The van der Waals surface area contributed by atoms with Crippen molar-refractivity contribution in [3.8, 4) is 0 Å². The lowest BCUT2D eigenvalue weighted by Gasteiger charge is -2.12. The standard InChI is InChI=1S/C27H22BrN3O/c28-22-11-13-23(14-12-22)29-15-3-8-25(32)31-30-17-21-16-20-6-1-4-18-9-10-19-5-2-7-24(21)27(19)26(18)20/h1-2,4-7,9-14,16-17,29H,3,8,15H2,(H,31,32)/b30-17+. The fourth-order valence-electron chi connectivity index (χ4n) is 4.18. The predicted molar refractivity (Wildman–Crippen MR) is 138 cm³/mol. The summed E-state index contributed by atoms with van der Waals surface area (Å²) < 4.78 is 1.05. The highest BCUT2D eigenvalue weighted by atomic mass is 79.9. The zero-order chi connectivity index (χ0) is 21.9. The highest BCUT2D eigenvalue weighted by Crippen LogP contribution is 2.35. The molecule has 0 saturated carbocycles. The Morgan fingerprint density at radius 1 is 0.875 bits per heavy atom. The molecule has 4 nitrogen and oxygen atoms in total. The average Bonchev–Trinajstić information content (AvgIpc) is 2.82. The molecule has 0 saturated heterocycles. The number of carbonyl (C=O) groups excluding carboxylic acids is 1. The first-order valence-corrected chi connectivity index (χ1v) is 11.5. The van der Waals surface area contributed by atoms with E-state index in [4.69, 9.17) is 0 Å². The first kappa shape index (κ1) is 20.5. The Morgan fingerprint density at radius 3 is 2.41 bits per heavy atom. The molecule has 32 heavy (non-hydrogen) atoms. The number of amides is 1. The number of hydrogen-bond donors (Lipinski definition) is 2. The smallest absolute Gasteiger partial charge is 0.240 e. The monoisotopic (exact) mass is 483 g/mol. The first-order valence-electron chi connectivity index (χ1n) is 10.7. The molecule has 0 spiro atoms. The Balaban J connectivity index is 1.25. The van der Waals surface area contributed by atoms with E-state index in [2.05, 4.69) is 86.4 Å². The molecule has 158 valence electrons. The molecule has 0 atom stereocenters. The van der Waals surface area contributed by atoms with Crippen LogP contribution in [-0.2, 0) is 4.79 Å². The second kappa shape index (κ2) is 8.97. The molecule has 0 heterocycles. The maximum Gasteiger partial charge on any atom is 0.240 e. The fourth-order valence-corrected chi connectivity index (χ4v) is 4.44. The third kappa shape index (κ3) is 4.16. The van der Waals surface area contributed by atoms with Gasteiger partial charge in [0.1, 0.15) is 0 Å². The molecule has 0 aliphatic rings. The summed E-state index contributed by atoms with van der Waals surface area (Å²) in [4.78, 5) is 12.2. The Bertz CT molecular complexity index is 1430. The van der Waals surface area contributed by atoms with Crippen LogP contribution in [0.3, 0.4) is 0 Å². The lowest BCUT2D eigenvalue weighted by atomic mass is 9.92. The minimum Gasteiger partial charge on any atom is -0.385 e. The van der Waals surface area contributed by atoms with Crippen molar-refractivity contribution in [1.82, 2.24) is 5.43 Å². The van der Waals surface area contributed by atoms with E-state index in [0.717, 1.165) is 34.1 Å². The van der Waals surface area contributed by atoms with Gasteiger partial charge in [-0.1, -0.05) is 64.5 Å². The van der Waals surface area contributed by atoms with E-state index in [0.29, 0.717) is 6.42 Å². The van der Waals surface area contributed by atoms with Crippen LogP contribution in [0.4, 0.5) is 5.69 Å². The SMILES string of the molecule is O=C(CCCNc1ccc(Br)cc1)N/N=C/c1cc2cccc3ccc4cccc1c4c32. The van der Waals surface area contributed by atoms with Gasteiger partial charge >= 0.3 is 0 Å². The largest absolute Gasteiger partial charge is 0.385 e. The second-order valence-electron chi connectivity index (χ2n) is 7.84. The van der Waals surface area contributed by atoms with Crippen molar-refractivity contribution in [2.75, 3.05) is 11.9 Å². The number of nitrogens with one attached hydrogen (secondary N) is 2. The van der Waals surface area contributed by atoms with Crippen molar-refractivity contribution in [3.05, 3.63) is 88.9 Å². The Labute approximate surface area is 194 Å². The van der Waals surface area contributed by atoms with Crippen molar-refractivity contribution < 1.29 is 4.79 Å². The average molecular weight is 484 g/mol. The topological polar surface area (TPSA) is 53.5 Å². The van der Waals surface area contributed by atoms with Gasteiger partial charge in [-0.05, 0) is 69.1 Å². The molecule has 5 aromatic carbocycles. The molecule has 0 fully saturated rings. The second-order valence-corrected chi connectivity index (χ2v) is 8.76. The summed E-state index contributed by atoms with van der Waals surface area (Å²) >= 11 is 3.42. The summed E-state index contributed by atoms with van der Waals surface area (Å²) in [5.74, 6) is -0.0871. The van der Waals surface area contributed by atoms with Gasteiger partial charge in [0.2, 0.25) is 5.91 Å². The van der Waals surface area contributed by atoms with Gasteiger partial charge in [0.15, 0.2) is 0 Å². The van der Waals surface area contributed by atoms with Crippen molar-refractivity contribution in [2.45, 2.75) is 12.8 Å². The summed E-state index contributed by atoms with van der Waals surface area (Å²) in [6.45, 7) is 0.729. The first-order chi connectivity index (χ1) is 15.7. The molecular weight excluding hydrogens is 462 g/mol. The Morgan fingerprint density at radius 2 is 1.59 bits per heavy atom. The normalized spacial score (nSPS) is 11.7. The maximum absolute atomic E-state index is 12.2. The third-order valence-corrected chi connectivity index (χ3v) is 6.22. The number of hydrogen-bond acceptors (Lipinski definition) is 3. The lowest BCUT2D eigenvalue weighted by molar-refractivity contribution is -0.121. The van der Waals surface area contributed by atoms with Gasteiger partial charge in [-0.2, -0.15) is 5.10 Å². The zero-order valence-electron chi connectivity index (χ0n) is 17.4. The molecule has 0 aliphatic carbocycles. The van der Waals surface area contributed by atoms with E-state index in [9.17, 15) is 4.79 Å². The van der Waals surface area contributed by atoms with E-state index in [-0.39, 0.29) is 5.91 Å². The molecule has 2 N–H and O–H groups in total. The van der Waals surface area contributed by atoms with Gasteiger partial charge in [0, 0.05) is 28.7 Å². The summed E-state index contributed by atoms with van der Waals surface area (Å²) in [6, 6.07) is 27.1. The van der Waals surface area contributed by atoms with E-state index < -0.39 is 0 Å². The third-order valence-electron chi connectivity index (χ3n) is 5.69. The molecule has 5 aromatic rings. The van der Waals surface area contributed by atoms with Crippen molar-refractivity contribution in [2.24, 2.45) is 5.10 Å². The molecule has 0 aromatic heterocycles. The van der Waals surface area contributed by atoms with Crippen LogP contribution in [0.2, 0.25) is 0 Å². The number of carbonyl (C=O) groups is 1. The molecule has 5 heteroatoms. The maximum atomic E-state index is 12.2. The summed E-state index contributed by atoms with van der Waals surface area (Å²) in [5, 5.41) is 14.9. The summed E-state index contributed by atoms with van der Waals surface area (Å²) in [5.41, 5.74) is 4.71. The van der Waals surface area contributed by atoms with Gasteiger partial charge in [-0.15, -0.1) is 0 Å². The van der Waals surface area contributed by atoms with Crippen LogP contribution < -0.4 is 10.7 Å². The number of hydrazone groups is 1. The van der Waals surface area contributed by atoms with Crippen molar-refractivity contribution >= 4 is 66.1 Å². The Hall–Kier alpha value is -3.44. The number of anilines is 1. The lowest BCUT2D eigenvalue weighted by Crippen LogP contribution is -2.18. The van der Waals surface area contributed by atoms with E-state index in [1.165, 1.54) is 26.9 Å². The fraction of sp³-hybridized carbons (Fsp3) is 0.111. The van der Waals surface area contributed by atoms with Crippen LogP contribution in [-0.4, -0.2) is 18.7 Å². The highest BCUT2D eigenvalue weighted by Gasteiger charge is 2.10. The molecule has 0 radical (unpaired) electrons. The summed E-state index contributed by atoms with van der Waals surface area (Å²) in [6.07, 6.45) is 2.90. The predicted octanol–water partition coefficient (Wildman–Crippen LogP) is 6.69. The van der Waals surface area contributed by atoms with E-state index in [1.54, 1.807) is 6.21 Å². The van der Waals surface area contributed by atoms with Crippen LogP contribution in [0.25, 0.3) is 32.3 Å². The summed E-state index contributed by atoms with van der Waals surface area (Å²) in [7, 11) is 0. The highest BCUT2D eigenvalue weighted by molar-refractivity contribution is 9.10. The minimum absolute atomic E-state index is 0.0871. The van der Waals surface area contributed by atoms with Crippen LogP contribution in [0.5, 0.6) is 0 Å². The molecule has 0 bridgehead atoms.